The van der Waals surface area contributed by atoms with Crippen LogP contribution in [0.3, 0.4) is 0 Å². The van der Waals surface area contributed by atoms with Gasteiger partial charge in [-0.1, -0.05) is 13.8 Å². The fraction of sp³-hybridized carbons (Fsp3) is 0.500. The highest BCUT2D eigenvalue weighted by Gasteiger charge is 2.12. The molecule has 0 aliphatic rings. The predicted octanol–water partition coefficient (Wildman–Crippen LogP) is 2.12. The van der Waals surface area contributed by atoms with E-state index < -0.39 is 0 Å². The number of ether oxygens (including phenoxy) is 1. The highest BCUT2D eigenvalue weighted by atomic mass is 19.1. The second-order valence-corrected chi connectivity index (χ2v) is 5.28. The maximum Gasteiger partial charge on any atom is 0.184 e. The Balaban J connectivity index is 2.00. The largest absolute Gasteiger partial charge is 0.398 e. The molecule has 0 saturated carbocycles. The zero-order valence-corrected chi connectivity index (χ0v) is 12.3. The van der Waals surface area contributed by atoms with Crippen molar-refractivity contribution in [2.45, 2.75) is 26.8 Å². The van der Waals surface area contributed by atoms with Gasteiger partial charge in [-0.15, -0.1) is 5.10 Å². The first-order valence-electron chi connectivity index (χ1n) is 6.97. The highest BCUT2D eigenvalue weighted by Crippen LogP contribution is 2.24. The van der Waals surface area contributed by atoms with Gasteiger partial charge in [-0.2, -0.15) is 0 Å². The lowest BCUT2D eigenvalue weighted by atomic mass is 10.1. The van der Waals surface area contributed by atoms with Crippen LogP contribution in [0.25, 0.3) is 11.4 Å². The predicted molar refractivity (Wildman–Crippen MR) is 77.9 cm³/mol. The van der Waals surface area contributed by atoms with Crippen molar-refractivity contribution in [1.82, 2.24) is 20.2 Å². The van der Waals surface area contributed by atoms with Crippen LogP contribution >= 0.6 is 0 Å². The van der Waals surface area contributed by atoms with Gasteiger partial charge >= 0.3 is 0 Å². The monoisotopic (exact) mass is 293 g/mol. The van der Waals surface area contributed by atoms with E-state index >= 15 is 0 Å². The molecule has 1 aromatic carbocycles. The molecule has 0 amide bonds. The topological polar surface area (TPSA) is 78.8 Å². The highest BCUT2D eigenvalue weighted by molar-refractivity contribution is 5.71. The van der Waals surface area contributed by atoms with E-state index in [1.807, 2.05) is 0 Å². The van der Waals surface area contributed by atoms with Crippen molar-refractivity contribution < 1.29 is 9.13 Å². The fourth-order valence-corrected chi connectivity index (χ4v) is 1.91. The van der Waals surface area contributed by atoms with Crippen LogP contribution in [0.5, 0.6) is 0 Å². The van der Waals surface area contributed by atoms with E-state index in [1.54, 1.807) is 4.68 Å². The molecule has 7 heteroatoms. The number of aromatic nitrogens is 4. The van der Waals surface area contributed by atoms with E-state index in [-0.39, 0.29) is 5.82 Å². The van der Waals surface area contributed by atoms with Gasteiger partial charge in [0.2, 0.25) is 0 Å². The number of tetrazole rings is 1. The number of nitrogens with two attached hydrogens (primary N) is 1. The number of benzene rings is 1. The molecule has 1 aromatic heterocycles. The average Bonchev–Trinajstić information content (AvgIpc) is 2.89. The Kier molecular flexibility index (Phi) is 5.21. The summed E-state index contributed by atoms with van der Waals surface area (Å²) in [6.45, 7) is 6.17. The van der Waals surface area contributed by atoms with Crippen LogP contribution in [0.1, 0.15) is 20.3 Å². The molecule has 2 rings (SSSR count). The SMILES string of the molecule is CC(C)COCCCn1nnnc1-c1cc(F)ccc1N. The normalized spacial score (nSPS) is 11.2. The summed E-state index contributed by atoms with van der Waals surface area (Å²) < 4.78 is 20.5. The molecular weight excluding hydrogens is 273 g/mol. The quantitative estimate of drug-likeness (QED) is 0.625. The van der Waals surface area contributed by atoms with E-state index in [1.165, 1.54) is 18.2 Å². The third-order valence-corrected chi connectivity index (χ3v) is 2.90. The molecule has 0 atom stereocenters. The first-order valence-corrected chi connectivity index (χ1v) is 6.97. The van der Waals surface area contributed by atoms with Crippen molar-refractivity contribution in [3.05, 3.63) is 24.0 Å². The molecule has 114 valence electrons. The standard InChI is InChI=1S/C14H20FN5O/c1-10(2)9-21-7-3-6-20-14(17-18-19-20)12-8-11(15)4-5-13(12)16/h4-5,8,10H,3,6-7,9,16H2,1-2H3. The number of halogens is 1. The summed E-state index contributed by atoms with van der Waals surface area (Å²) in [7, 11) is 0. The van der Waals surface area contributed by atoms with Crippen LogP contribution in [0.4, 0.5) is 10.1 Å². The van der Waals surface area contributed by atoms with Crippen molar-refractivity contribution in [2.75, 3.05) is 18.9 Å². The van der Waals surface area contributed by atoms with E-state index in [2.05, 4.69) is 29.4 Å². The molecule has 0 aliphatic heterocycles. The first kappa shape index (κ1) is 15.4. The number of anilines is 1. The molecule has 21 heavy (non-hydrogen) atoms. The minimum absolute atomic E-state index is 0.367. The molecule has 0 saturated heterocycles. The lowest BCUT2D eigenvalue weighted by molar-refractivity contribution is 0.105. The molecule has 0 aliphatic carbocycles. The number of hydrogen-bond donors (Lipinski definition) is 1. The summed E-state index contributed by atoms with van der Waals surface area (Å²) in [4.78, 5) is 0. The summed E-state index contributed by atoms with van der Waals surface area (Å²) in [6.07, 6.45) is 0.778. The van der Waals surface area contributed by atoms with E-state index in [4.69, 9.17) is 10.5 Å². The van der Waals surface area contributed by atoms with Gasteiger partial charge in [-0.25, -0.2) is 9.07 Å². The Morgan fingerprint density at radius 3 is 2.95 bits per heavy atom. The van der Waals surface area contributed by atoms with Crippen LogP contribution in [-0.2, 0) is 11.3 Å². The minimum Gasteiger partial charge on any atom is -0.398 e. The summed E-state index contributed by atoms with van der Waals surface area (Å²) in [5.41, 5.74) is 6.81. The lowest BCUT2D eigenvalue weighted by Gasteiger charge is -2.08. The summed E-state index contributed by atoms with van der Waals surface area (Å²) in [5.74, 6) is 0.616. The summed E-state index contributed by atoms with van der Waals surface area (Å²) >= 11 is 0. The molecule has 2 aromatic rings. The summed E-state index contributed by atoms with van der Waals surface area (Å²) in [5, 5.41) is 11.5. The van der Waals surface area contributed by atoms with E-state index in [0.717, 1.165) is 13.0 Å². The van der Waals surface area contributed by atoms with Crippen LogP contribution in [0.15, 0.2) is 18.2 Å². The van der Waals surface area contributed by atoms with Gasteiger partial charge in [-0.05, 0) is 41.0 Å². The Bertz CT molecular complexity index is 584. The molecule has 0 fully saturated rings. The van der Waals surface area contributed by atoms with E-state index in [9.17, 15) is 4.39 Å². The summed E-state index contributed by atoms with van der Waals surface area (Å²) in [6, 6.07) is 4.16. The number of nitrogen functional groups attached to an aromatic ring is 1. The van der Waals surface area contributed by atoms with Crippen molar-refractivity contribution in [2.24, 2.45) is 5.92 Å². The molecule has 0 spiro atoms. The first-order chi connectivity index (χ1) is 10.1. The van der Waals surface area contributed by atoms with Crippen molar-refractivity contribution in [3.8, 4) is 11.4 Å². The smallest absolute Gasteiger partial charge is 0.184 e. The Labute approximate surface area is 123 Å². The van der Waals surface area contributed by atoms with Crippen LogP contribution in [-0.4, -0.2) is 33.4 Å². The van der Waals surface area contributed by atoms with Gasteiger partial charge in [0.05, 0.1) is 0 Å². The fourth-order valence-electron chi connectivity index (χ4n) is 1.91. The van der Waals surface area contributed by atoms with Gasteiger partial charge in [-0.3, -0.25) is 0 Å². The van der Waals surface area contributed by atoms with E-state index in [0.29, 0.717) is 36.1 Å². The van der Waals surface area contributed by atoms with Crippen LogP contribution in [0.2, 0.25) is 0 Å². The minimum atomic E-state index is -0.367. The van der Waals surface area contributed by atoms with Crippen LogP contribution < -0.4 is 5.73 Å². The Morgan fingerprint density at radius 2 is 2.19 bits per heavy atom. The van der Waals surface area contributed by atoms with Gasteiger partial charge in [0.1, 0.15) is 5.82 Å². The van der Waals surface area contributed by atoms with Crippen molar-refractivity contribution in [3.63, 3.8) is 0 Å². The Hall–Kier alpha value is -2.02. The number of aryl methyl sites for hydroxylation is 1. The molecular formula is C14H20FN5O. The average molecular weight is 293 g/mol. The maximum absolute atomic E-state index is 13.3. The van der Waals surface area contributed by atoms with Gasteiger partial charge in [0.25, 0.3) is 0 Å². The third-order valence-electron chi connectivity index (χ3n) is 2.90. The lowest BCUT2D eigenvalue weighted by Crippen LogP contribution is -2.09. The maximum atomic E-state index is 13.3. The van der Waals surface area contributed by atoms with Crippen molar-refractivity contribution >= 4 is 5.69 Å². The second-order valence-electron chi connectivity index (χ2n) is 5.28. The molecule has 0 bridgehead atoms. The molecule has 0 unspecified atom stereocenters. The third kappa shape index (κ3) is 4.22. The molecule has 6 nitrogen and oxygen atoms in total. The zero-order valence-electron chi connectivity index (χ0n) is 12.3. The second kappa shape index (κ2) is 7.12. The number of hydrogen-bond acceptors (Lipinski definition) is 5. The van der Waals surface area contributed by atoms with Crippen LogP contribution in [0, 0.1) is 11.7 Å². The molecule has 2 N–H and O–H groups in total. The van der Waals surface area contributed by atoms with Crippen molar-refractivity contribution in [1.29, 1.82) is 0 Å². The molecule has 0 radical (unpaired) electrons. The zero-order chi connectivity index (χ0) is 15.2. The van der Waals surface area contributed by atoms with Gasteiger partial charge in [0.15, 0.2) is 5.82 Å². The van der Waals surface area contributed by atoms with Gasteiger partial charge in [0, 0.05) is 31.0 Å². The number of rotatable bonds is 7. The number of nitrogens with zero attached hydrogens (tertiary/aromatic N) is 4. The Morgan fingerprint density at radius 1 is 1.38 bits per heavy atom. The molecule has 1 heterocycles. The van der Waals surface area contributed by atoms with Gasteiger partial charge < -0.3 is 10.5 Å².